The van der Waals surface area contributed by atoms with Gasteiger partial charge in [-0.3, -0.25) is 19.5 Å². The van der Waals surface area contributed by atoms with Crippen LogP contribution in [0.1, 0.15) is 18.9 Å². The van der Waals surface area contributed by atoms with E-state index in [0.29, 0.717) is 17.9 Å². The number of fused-ring (bicyclic) bond motifs is 2. The fourth-order valence-electron chi connectivity index (χ4n) is 5.22. The third-order valence-electron chi connectivity index (χ3n) is 6.91. The van der Waals surface area contributed by atoms with E-state index in [1.807, 2.05) is 11.0 Å². The number of hydrogen-bond acceptors (Lipinski definition) is 8. The van der Waals surface area contributed by atoms with Gasteiger partial charge in [0, 0.05) is 65.8 Å². The van der Waals surface area contributed by atoms with Gasteiger partial charge in [0.25, 0.3) is 0 Å². The molecule has 9 nitrogen and oxygen atoms in total. The second-order valence-corrected chi connectivity index (χ2v) is 9.63. The number of aliphatic hydroxyl groups is 1. The van der Waals surface area contributed by atoms with Crippen LogP contribution in [0, 0.1) is 11.3 Å². The van der Waals surface area contributed by atoms with Gasteiger partial charge in [-0.15, -0.1) is 0 Å². The number of hydrogen-bond donors (Lipinski definition) is 1. The number of β-amino-alcohol motifs (C(OH)–C–C–N with tert-alkyl or cyclic N) is 1. The zero-order chi connectivity index (χ0) is 23.9. The Bertz CT molecular complexity index is 840. The molecular formula is C25H37N5O4. The molecule has 3 atom stereocenters. The first-order chi connectivity index (χ1) is 16.5. The van der Waals surface area contributed by atoms with E-state index >= 15 is 0 Å². The maximum absolute atomic E-state index is 11.5. The quantitative estimate of drug-likeness (QED) is 0.548. The molecule has 3 aliphatic rings. The summed E-state index contributed by atoms with van der Waals surface area (Å²) in [5.74, 6) is 0.692. The van der Waals surface area contributed by atoms with E-state index in [-0.39, 0.29) is 24.7 Å². The number of nitriles is 1. The number of rotatable bonds is 9. The molecule has 4 rings (SSSR count). The predicted octanol–water partition coefficient (Wildman–Crippen LogP) is 0.237. The number of morpholine rings is 2. The summed E-state index contributed by atoms with van der Waals surface area (Å²) < 4.78 is 11.9. The molecule has 3 unspecified atom stereocenters. The van der Waals surface area contributed by atoms with E-state index in [1.54, 1.807) is 25.1 Å². The maximum Gasteiger partial charge on any atom is 0.219 e. The van der Waals surface area contributed by atoms with Crippen LogP contribution in [-0.4, -0.2) is 128 Å². The lowest BCUT2D eigenvalue weighted by Gasteiger charge is -2.46. The molecule has 0 radical (unpaired) electrons. The number of benzene rings is 1. The molecular weight excluding hydrogens is 434 g/mol. The van der Waals surface area contributed by atoms with Gasteiger partial charge in [-0.1, -0.05) is 12.1 Å². The number of para-hydroxylation sites is 1. The molecule has 0 spiro atoms. The average Bonchev–Trinajstić information content (AvgIpc) is 2.82. The minimum atomic E-state index is -0.620. The van der Waals surface area contributed by atoms with Crippen molar-refractivity contribution in [3.05, 3.63) is 29.8 Å². The molecule has 186 valence electrons. The average molecular weight is 472 g/mol. The summed E-state index contributed by atoms with van der Waals surface area (Å²) >= 11 is 0. The molecule has 34 heavy (non-hydrogen) atoms. The topological polar surface area (TPSA) is 92.5 Å². The van der Waals surface area contributed by atoms with E-state index in [2.05, 4.69) is 20.8 Å². The Morgan fingerprint density at radius 1 is 1.09 bits per heavy atom. The summed E-state index contributed by atoms with van der Waals surface area (Å²) in [7, 11) is 0. The Morgan fingerprint density at radius 3 is 2.41 bits per heavy atom. The Hall–Kier alpha value is -2.22. The number of ether oxygens (including phenoxy) is 2. The van der Waals surface area contributed by atoms with Crippen molar-refractivity contribution in [2.75, 3.05) is 78.6 Å². The van der Waals surface area contributed by atoms with Crippen molar-refractivity contribution in [1.29, 1.82) is 5.26 Å². The van der Waals surface area contributed by atoms with Crippen LogP contribution in [0.4, 0.5) is 0 Å². The van der Waals surface area contributed by atoms with Crippen LogP contribution in [0.25, 0.3) is 0 Å². The molecule has 1 aromatic rings. The first-order valence-corrected chi connectivity index (χ1v) is 12.4. The molecule has 3 saturated heterocycles. The zero-order valence-electron chi connectivity index (χ0n) is 20.1. The lowest BCUT2D eigenvalue weighted by atomic mass is 10.1. The van der Waals surface area contributed by atoms with Gasteiger partial charge in [0.1, 0.15) is 24.5 Å². The zero-order valence-corrected chi connectivity index (χ0v) is 20.1. The van der Waals surface area contributed by atoms with Crippen LogP contribution in [0.2, 0.25) is 0 Å². The number of piperazine rings is 1. The highest BCUT2D eigenvalue weighted by atomic mass is 16.5. The monoisotopic (exact) mass is 471 g/mol. The molecule has 0 saturated carbocycles. The highest BCUT2D eigenvalue weighted by molar-refractivity contribution is 5.73. The van der Waals surface area contributed by atoms with Gasteiger partial charge in [0.05, 0.1) is 17.8 Å². The van der Waals surface area contributed by atoms with E-state index in [4.69, 9.17) is 9.47 Å². The summed E-state index contributed by atoms with van der Waals surface area (Å²) in [4.78, 5) is 20.7. The first-order valence-electron chi connectivity index (χ1n) is 12.4. The minimum Gasteiger partial charge on any atom is -0.489 e. The van der Waals surface area contributed by atoms with Crippen LogP contribution in [0.5, 0.6) is 5.75 Å². The van der Waals surface area contributed by atoms with Crippen molar-refractivity contribution in [2.24, 2.45) is 0 Å². The van der Waals surface area contributed by atoms with Gasteiger partial charge >= 0.3 is 0 Å². The van der Waals surface area contributed by atoms with E-state index in [9.17, 15) is 15.2 Å². The second kappa shape index (κ2) is 12.0. The highest BCUT2D eigenvalue weighted by Crippen LogP contribution is 2.20. The van der Waals surface area contributed by atoms with Crippen LogP contribution in [-0.2, 0) is 9.53 Å². The number of carbonyl (C=O) groups is 1. The van der Waals surface area contributed by atoms with Crippen LogP contribution in [0.3, 0.4) is 0 Å². The Labute approximate surface area is 202 Å². The smallest absolute Gasteiger partial charge is 0.219 e. The Kier molecular flexibility index (Phi) is 8.75. The number of amides is 1. The van der Waals surface area contributed by atoms with Gasteiger partial charge in [0.15, 0.2) is 0 Å². The molecule has 0 aliphatic carbocycles. The predicted molar refractivity (Wildman–Crippen MR) is 128 cm³/mol. The van der Waals surface area contributed by atoms with Gasteiger partial charge in [-0.2, -0.15) is 5.26 Å². The molecule has 1 amide bonds. The molecule has 3 fully saturated rings. The maximum atomic E-state index is 11.5. The molecule has 2 bridgehead atoms. The minimum absolute atomic E-state index is 0.165. The fourth-order valence-corrected chi connectivity index (χ4v) is 5.22. The molecule has 9 heteroatoms. The lowest BCUT2D eigenvalue weighted by Crippen LogP contribution is -2.60. The summed E-state index contributed by atoms with van der Waals surface area (Å²) in [6.45, 7) is 11.6. The van der Waals surface area contributed by atoms with Gasteiger partial charge in [-0.05, 0) is 31.6 Å². The summed E-state index contributed by atoms with van der Waals surface area (Å²) in [5.41, 5.74) is 0.481. The largest absolute Gasteiger partial charge is 0.489 e. The summed E-state index contributed by atoms with van der Waals surface area (Å²) in [5, 5.41) is 19.7. The number of aliphatic hydroxyl groups excluding tert-OH is 1. The van der Waals surface area contributed by atoms with Crippen molar-refractivity contribution < 1.29 is 19.4 Å². The molecule has 1 aromatic carbocycles. The van der Waals surface area contributed by atoms with Crippen molar-refractivity contribution in [2.45, 2.75) is 31.7 Å². The van der Waals surface area contributed by atoms with Crippen LogP contribution >= 0.6 is 0 Å². The second-order valence-electron chi connectivity index (χ2n) is 9.63. The SMILES string of the molecule is CC(=O)N1CCN(CCCN2CC3CN(CC(O)COc4ccccc4C#N)CC(C2)O3)CC1. The number of nitrogens with zero attached hydrogens (tertiary/aromatic N) is 5. The van der Waals surface area contributed by atoms with Crippen molar-refractivity contribution in [3.63, 3.8) is 0 Å². The van der Waals surface area contributed by atoms with Gasteiger partial charge in [-0.25, -0.2) is 0 Å². The molecule has 3 aliphatic heterocycles. The number of carbonyl (C=O) groups excluding carboxylic acids is 1. The molecule has 0 aromatic heterocycles. The van der Waals surface area contributed by atoms with E-state index in [1.165, 1.54) is 0 Å². The molecule has 3 heterocycles. The standard InChI is InChI=1S/C25H37N5O4/c1-20(31)30-11-9-27(10-12-30)7-4-8-28-15-23-17-29(18-24(16-28)34-23)14-22(32)19-33-25-6-3-2-5-21(25)13-26/h2-3,5-6,22-24,32H,4,7-12,14-19H2,1H3. The third-order valence-corrected chi connectivity index (χ3v) is 6.91. The summed E-state index contributed by atoms with van der Waals surface area (Å²) in [6.07, 6.45) is 0.840. The van der Waals surface area contributed by atoms with Crippen molar-refractivity contribution in [3.8, 4) is 11.8 Å². The highest BCUT2D eigenvalue weighted by Gasteiger charge is 2.35. The fraction of sp³-hybridized carbons (Fsp3) is 0.680. The van der Waals surface area contributed by atoms with E-state index in [0.717, 1.165) is 71.9 Å². The normalized spacial score (nSPS) is 25.0. The Morgan fingerprint density at radius 2 is 1.74 bits per heavy atom. The molecule has 1 N–H and O–H groups in total. The lowest BCUT2D eigenvalue weighted by molar-refractivity contribution is -0.143. The van der Waals surface area contributed by atoms with Gasteiger partial charge in [0.2, 0.25) is 5.91 Å². The van der Waals surface area contributed by atoms with Gasteiger partial charge < -0.3 is 19.5 Å². The van der Waals surface area contributed by atoms with E-state index < -0.39 is 6.10 Å². The van der Waals surface area contributed by atoms with Crippen molar-refractivity contribution in [1.82, 2.24) is 19.6 Å². The summed E-state index contributed by atoms with van der Waals surface area (Å²) in [6, 6.07) is 9.21. The Balaban J connectivity index is 1.14. The van der Waals surface area contributed by atoms with Crippen molar-refractivity contribution >= 4 is 5.91 Å². The van der Waals surface area contributed by atoms with Crippen LogP contribution in [0.15, 0.2) is 24.3 Å². The first kappa shape index (κ1) is 24.9. The van der Waals surface area contributed by atoms with Crippen LogP contribution < -0.4 is 4.74 Å². The third kappa shape index (κ3) is 6.90.